The van der Waals surface area contributed by atoms with Crippen LogP contribution in [0.2, 0.25) is 0 Å². The fourth-order valence-electron chi connectivity index (χ4n) is 3.17. The van der Waals surface area contributed by atoms with Crippen LogP contribution in [0.5, 0.6) is 11.5 Å². The van der Waals surface area contributed by atoms with Gasteiger partial charge in [0, 0.05) is 12.1 Å². The summed E-state index contributed by atoms with van der Waals surface area (Å²) in [5, 5.41) is 2.59. The predicted molar refractivity (Wildman–Crippen MR) is 122 cm³/mol. The molecule has 0 heterocycles. The zero-order valence-electron chi connectivity index (χ0n) is 19.0. The molecule has 0 aliphatic heterocycles. The van der Waals surface area contributed by atoms with E-state index in [0.29, 0.717) is 5.69 Å². The van der Waals surface area contributed by atoms with E-state index in [1.165, 1.54) is 33.5 Å². The molecule has 9 nitrogen and oxygen atoms in total. The number of hydrogen-bond donors (Lipinski definition) is 1. The molecule has 1 N–H and O–H groups in total. The van der Waals surface area contributed by atoms with Gasteiger partial charge in [0.15, 0.2) is 11.5 Å². The maximum absolute atomic E-state index is 12.9. The van der Waals surface area contributed by atoms with Crippen molar-refractivity contribution in [3.05, 3.63) is 47.5 Å². The Morgan fingerprint density at radius 1 is 1.03 bits per heavy atom. The summed E-state index contributed by atoms with van der Waals surface area (Å²) >= 11 is 0. The largest absolute Gasteiger partial charge is 0.493 e. The van der Waals surface area contributed by atoms with E-state index < -0.39 is 28.4 Å². The van der Waals surface area contributed by atoms with E-state index in [-0.39, 0.29) is 28.7 Å². The van der Waals surface area contributed by atoms with Crippen LogP contribution in [-0.2, 0) is 19.6 Å². The van der Waals surface area contributed by atoms with Gasteiger partial charge in [-0.2, -0.15) is 0 Å². The number of anilines is 2. The summed E-state index contributed by atoms with van der Waals surface area (Å²) in [4.78, 5) is 25.1. The molecule has 0 aliphatic carbocycles. The molecule has 0 radical (unpaired) electrons. The van der Waals surface area contributed by atoms with Crippen LogP contribution in [0.15, 0.2) is 36.4 Å². The molecule has 174 valence electrons. The van der Waals surface area contributed by atoms with Crippen molar-refractivity contribution in [3.8, 4) is 11.5 Å². The molecule has 10 heteroatoms. The number of benzene rings is 2. The van der Waals surface area contributed by atoms with Gasteiger partial charge in [-0.25, -0.2) is 13.2 Å². The molecule has 0 aromatic heterocycles. The van der Waals surface area contributed by atoms with Crippen molar-refractivity contribution in [3.63, 3.8) is 0 Å². The smallest absolute Gasteiger partial charge is 0.340 e. The molecule has 0 spiro atoms. The Labute approximate surface area is 188 Å². The predicted octanol–water partition coefficient (Wildman–Crippen LogP) is 3.02. The normalized spacial score (nSPS) is 11.1. The average molecular weight is 465 g/mol. The van der Waals surface area contributed by atoms with Crippen molar-refractivity contribution in [2.45, 2.75) is 19.8 Å². The topological polar surface area (TPSA) is 111 Å². The molecule has 0 aliphatic rings. The minimum absolute atomic E-state index is 0.0342. The highest BCUT2D eigenvalue weighted by Crippen LogP contribution is 2.34. The Balaban J connectivity index is 2.44. The van der Waals surface area contributed by atoms with Gasteiger partial charge >= 0.3 is 5.97 Å². The summed E-state index contributed by atoms with van der Waals surface area (Å²) in [6.07, 6.45) is 1.04. The Hall–Kier alpha value is -3.27. The average Bonchev–Trinajstić information content (AvgIpc) is 2.75. The van der Waals surface area contributed by atoms with E-state index in [1.54, 1.807) is 12.1 Å². The molecular formula is C22H28N2O7S. The lowest BCUT2D eigenvalue weighted by atomic mass is 10.0. The summed E-state index contributed by atoms with van der Waals surface area (Å²) in [5.74, 6) is -0.761. The van der Waals surface area contributed by atoms with Crippen LogP contribution < -0.4 is 19.1 Å². The van der Waals surface area contributed by atoms with Crippen molar-refractivity contribution < 1.29 is 32.2 Å². The van der Waals surface area contributed by atoms with Gasteiger partial charge in [-0.15, -0.1) is 0 Å². The van der Waals surface area contributed by atoms with Gasteiger partial charge in [-0.3, -0.25) is 9.10 Å². The van der Waals surface area contributed by atoms with Gasteiger partial charge in [0.1, 0.15) is 6.54 Å². The number of hydrogen-bond acceptors (Lipinski definition) is 7. The number of rotatable bonds is 9. The number of para-hydroxylation sites is 1. The molecule has 0 saturated heterocycles. The van der Waals surface area contributed by atoms with Crippen molar-refractivity contribution in [1.82, 2.24) is 0 Å². The van der Waals surface area contributed by atoms with Crippen LogP contribution in [0.3, 0.4) is 0 Å². The summed E-state index contributed by atoms with van der Waals surface area (Å²) in [6.45, 7) is 3.38. The van der Waals surface area contributed by atoms with Gasteiger partial charge in [0.25, 0.3) is 0 Å². The van der Waals surface area contributed by atoms with Crippen molar-refractivity contribution in [2.75, 3.05) is 43.8 Å². The SMILES string of the molecule is COC(=O)c1cc(OC)c(OC)cc1NC(=O)CN(c1ccccc1C(C)C)S(C)(=O)=O. The van der Waals surface area contributed by atoms with E-state index >= 15 is 0 Å². The standard InChI is InChI=1S/C22H28N2O7S/c1-14(2)15-9-7-8-10-18(15)24(32(6,27)28)13-21(25)23-17-12-20(30-4)19(29-3)11-16(17)22(26)31-5/h7-12,14H,13H2,1-6H3,(H,23,25). The molecule has 2 rings (SSSR count). The fourth-order valence-corrected chi connectivity index (χ4v) is 4.04. The molecular weight excluding hydrogens is 436 g/mol. The Kier molecular flexibility index (Phi) is 8.09. The number of methoxy groups -OCH3 is 3. The Bertz CT molecular complexity index is 1100. The third-order valence-corrected chi connectivity index (χ3v) is 5.84. The maximum Gasteiger partial charge on any atom is 0.340 e. The van der Waals surface area contributed by atoms with E-state index in [0.717, 1.165) is 16.1 Å². The van der Waals surface area contributed by atoms with Crippen LogP contribution in [0.4, 0.5) is 11.4 Å². The molecule has 0 saturated carbocycles. The number of amides is 1. The van der Waals surface area contributed by atoms with E-state index in [1.807, 2.05) is 26.0 Å². The molecule has 2 aromatic carbocycles. The van der Waals surface area contributed by atoms with Crippen LogP contribution in [0.25, 0.3) is 0 Å². The molecule has 1 amide bonds. The highest BCUT2D eigenvalue weighted by Gasteiger charge is 2.25. The monoisotopic (exact) mass is 464 g/mol. The van der Waals surface area contributed by atoms with Crippen molar-refractivity contribution in [1.29, 1.82) is 0 Å². The zero-order valence-corrected chi connectivity index (χ0v) is 19.8. The second-order valence-corrected chi connectivity index (χ2v) is 9.18. The quantitative estimate of drug-likeness (QED) is 0.568. The second-order valence-electron chi connectivity index (χ2n) is 7.28. The summed E-state index contributed by atoms with van der Waals surface area (Å²) < 4.78 is 41.3. The Morgan fingerprint density at radius 3 is 2.16 bits per heavy atom. The number of nitrogens with one attached hydrogen (secondary N) is 1. The summed E-state index contributed by atoms with van der Waals surface area (Å²) in [6, 6.07) is 9.78. The zero-order chi connectivity index (χ0) is 24.1. The number of ether oxygens (including phenoxy) is 3. The number of nitrogens with zero attached hydrogens (tertiary/aromatic N) is 1. The third kappa shape index (κ3) is 5.70. The van der Waals surface area contributed by atoms with Crippen LogP contribution >= 0.6 is 0 Å². The number of sulfonamides is 1. The molecule has 0 unspecified atom stereocenters. The summed E-state index contributed by atoms with van der Waals surface area (Å²) in [7, 11) is 0.250. The van der Waals surface area contributed by atoms with Crippen LogP contribution in [0, 0.1) is 0 Å². The lowest BCUT2D eigenvalue weighted by Gasteiger charge is -2.26. The number of carbonyl (C=O) groups excluding carboxylic acids is 2. The minimum atomic E-state index is -3.78. The molecule has 32 heavy (non-hydrogen) atoms. The van der Waals surface area contributed by atoms with Gasteiger partial charge in [0.2, 0.25) is 15.9 Å². The van der Waals surface area contributed by atoms with E-state index in [9.17, 15) is 18.0 Å². The van der Waals surface area contributed by atoms with Gasteiger partial charge in [0.05, 0.1) is 44.5 Å². The van der Waals surface area contributed by atoms with E-state index in [4.69, 9.17) is 14.2 Å². The van der Waals surface area contributed by atoms with Gasteiger partial charge in [-0.05, 0) is 17.5 Å². The highest BCUT2D eigenvalue weighted by molar-refractivity contribution is 7.92. The Morgan fingerprint density at radius 2 is 1.62 bits per heavy atom. The lowest BCUT2D eigenvalue weighted by Crippen LogP contribution is -2.38. The summed E-state index contributed by atoms with van der Waals surface area (Å²) in [5.41, 5.74) is 1.34. The third-order valence-electron chi connectivity index (χ3n) is 4.72. The first kappa shape index (κ1) is 25.0. The molecule has 2 aromatic rings. The second kappa shape index (κ2) is 10.4. The molecule has 0 fully saturated rings. The minimum Gasteiger partial charge on any atom is -0.493 e. The molecule has 0 bridgehead atoms. The molecule has 0 atom stereocenters. The van der Waals surface area contributed by atoms with Gasteiger partial charge in [-0.1, -0.05) is 32.0 Å². The lowest BCUT2D eigenvalue weighted by molar-refractivity contribution is -0.114. The van der Waals surface area contributed by atoms with Gasteiger partial charge < -0.3 is 19.5 Å². The maximum atomic E-state index is 12.9. The van der Waals surface area contributed by atoms with Crippen LogP contribution in [-0.4, -0.2) is 54.4 Å². The number of esters is 1. The van der Waals surface area contributed by atoms with Crippen molar-refractivity contribution >= 4 is 33.3 Å². The highest BCUT2D eigenvalue weighted by atomic mass is 32.2. The van der Waals surface area contributed by atoms with Crippen molar-refractivity contribution in [2.24, 2.45) is 0 Å². The first-order valence-electron chi connectivity index (χ1n) is 9.74. The first-order valence-corrected chi connectivity index (χ1v) is 11.6. The van der Waals surface area contributed by atoms with Crippen LogP contribution in [0.1, 0.15) is 35.7 Å². The number of carbonyl (C=O) groups is 2. The first-order chi connectivity index (χ1) is 15.0. The fraction of sp³-hybridized carbons (Fsp3) is 0.364. The van der Waals surface area contributed by atoms with E-state index in [2.05, 4.69) is 5.32 Å².